The molecule has 1 aromatic carbocycles. The molecule has 2 rings (SSSR count). The number of thioether (sulfide) groups is 1. The maximum atomic E-state index is 8.78. The smallest absolute Gasteiger partial charge is 0.172 e. The summed E-state index contributed by atoms with van der Waals surface area (Å²) in [6, 6.07) is 8.34. The van der Waals surface area contributed by atoms with Gasteiger partial charge in [0.1, 0.15) is 0 Å². The predicted octanol–water partition coefficient (Wildman–Crippen LogP) is 2.66. The first-order valence-electron chi connectivity index (χ1n) is 5.65. The third-order valence-electron chi connectivity index (χ3n) is 2.42. The van der Waals surface area contributed by atoms with E-state index >= 15 is 0 Å². The topological polar surface area (TPSA) is 38.0 Å². The van der Waals surface area contributed by atoms with E-state index in [4.69, 9.17) is 5.11 Å². The quantitative estimate of drug-likeness (QED) is 0.653. The van der Waals surface area contributed by atoms with Gasteiger partial charge >= 0.3 is 0 Å². The molecule has 90 valence electrons. The fraction of sp³-hybridized carbons (Fsp3) is 0.308. The minimum absolute atomic E-state index is 0.234. The fourth-order valence-electron chi connectivity index (χ4n) is 1.60. The number of aliphatic hydroxyl groups excluding tert-OH is 1. The SMILES string of the molecule is Cc1cccc(-n2ccnc2SCCCO)c1. The van der Waals surface area contributed by atoms with E-state index < -0.39 is 0 Å². The fourth-order valence-corrected chi connectivity index (χ4v) is 2.50. The molecule has 1 N–H and O–H groups in total. The number of hydrogen-bond acceptors (Lipinski definition) is 3. The molecule has 0 fully saturated rings. The van der Waals surface area contributed by atoms with Crippen LogP contribution in [-0.4, -0.2) is 27.0 Å². The molecule has 0 amide bonds. The van der Waals surface area contributed by atoms with Crippen molar-refractivity contribution < 1.29 is 5.11 Å². The van der Waals surface area contributed by atoms with Gasteiger partial charge in [-0.2, -0.15) is 0 Å². The maximum Gasteiger partial charge on any atom is 0.172 e. The summed E-state index contributed by atoms with van der Waals surface area (Å²) in [5.74, 6) is 0.888. The highest BCUT2D eigenvalue weighted by Gasteiger charge is 2.05. The van der Waals surface area contributed by atoms with Gasteiger partial charge in [0.15, 0.2) is 5.16 Å². The first-order chi connectivity index (χ1) is 8.31. The average Bonchev–Trinajstić information content (AvgIpc) is 2.78. The number of aromatic nitrogens is 2. The van der Waals surface area contributed by atoms with Gasteiger partial charge in [0.2, 0.25) is 0 Å². The van der Waals surface area contributed by atoms with Gasteiger partial charge in [-0.1, -0.05) is 23.9 Å². The van der Waals surface area contributed by atoms with Crippen molar-refractivity contribution in [2.45, 2.75) is 18.5 Å². The van der Waals surface area contributed by atoms with Gasteiger partial charge in [0.05, 0.1) is 0 Å². The standard InChI is InChI=1S/C13H16N2OS/c1-11-4-2-5-12(10-11)15-7-6-14-13(15)17-9-3-8-16/h2,4-7,10,16H,3,8-9H2,1H3. The molecule has 3 nitrogen and oxygen atoms in total. The van der Waals surface area contributed by atoms with Crippen molar-refractivity contribution in [1.82, 2.24) is 9.55 Å². The third-order valence-corrected chi connectivity index (χ3v) is 3.47. The molecule has 0 spiro atoms. The van der Waals surface area contributed by atoms with Crippen LogP contribution in [0.2, 0.25) is 0 Å². The summed E-state index contributed by atoms with van der Waals surface area (Å²) in [5.41, 5.74) is 2.37. The van der Waals surface area contributed by atoms with E-state index in [2.05, 4.69) is 34.7 Å². The molecule has 2 aromatic rings. The Kier molecular flexibility index (Phi) is 4.23. The van der Waals surface area contributed by atoms with Crippen LogP contribution in [0.5, 0.6) is 0 Å². The van der Waals surface area contributed by atoms with E-state index in [0.29, 0.717) is 0 Å². The minimum atomic E-state index is 0.234. The monoisotopic (exact) mass is 248 g/mol. The second-order valence-electron chi connectivity index (χ2n) is 3.84. The number of nitrogens with zero attached hydrogens (tertiary/aromatic N) is 2. The Bertz CT molecular complexity index is 482. The molecule has 0 saturated heterocycles. The van der Waals surface area contributed by atoms with Crippen LogP contribution >= 0.6 is 11.8 Å². The summed E-state index contributed by atoms with van der Waals surface area (Å²) < 4.78 is 2.08. The number of rotatable bonds is 5. The van der Waals surface area contributed by atoms with Crippen LogP contribution in [0.15, 0.2) is 41.8 Å². The van der Waals surface area contributed by atoms with Crippen LogP contribution in [0.25, 0.3) is 5.69 Å². The van der Waals surface area contributed by atoms with Crippen LogP contribution in [0.4, 0.5) is 0 Å². The van der Waals surface area contributed by atoms with E-state index in [9.17, 15) is 0 Å². The van der Waals surface area contributed by atoms with E-state index in [0.717, 1.165) is 23.0 Å². The number of aliphatic hydroxyl groups is 1. The Morgan fingerprint density at radius 2 is 2.29 bits per heavy atom. The van der Waals surface area contributed by atoms with Crippen LogP contribution in [0, 0.1) is 6.92 Å². The molecule has 0 saturated carbocycles. The Hall–Kier alpha value is -1.26. The number of hydrogen-bond donors (Lipinski definition) is 1. The van der Waals surface area contributed by atoms with Crippen molar-refractivity contribution in [3.8, 4) is 5.69 Å². The molecule has 0 aliphatic heterocycles. The largest absolute Gasteiger partial charge is 0.396 e. The molecular formula is C13H16N2OS. The van der Waals surface area contributed by atoms with Crippen molar-refractivity contribution in [3.05, 3.63) is 42.2 Å². The van der Waals surface area contributed by atoms with Gasteiger partial charge < -0.3 is 5.11 Å². The van der Waals surface area contributed by atoms with Gasteiger partial charge in [-0.15, -0.1) is 0 Å². The van der Waals surface area contributed by atoms with E-state index in [1.54, 1.807) is 11.8 Å². The Morgan fingerprint density at radius 3 is 3.06 bits per heavy atom. The number of benzene rings is 1. The molecule has 0 bridgehead atoms. The maximum absolute atomic E-state index is 8.78. The molecule has 0 atom stereocenters. The van der Waals surface area contributed by atoms with E-state index in [1.807, 2.05) is 18.5 Å². The van der Waals surface area contributed by atoms with Gasteiger partial charge in [-0.05, 0) is 31.0 Å². The summed E-state index contributed by atoms with van der Waals surface area (Å²) >= 11 is 1.67. The van der Waals surface area contributed by atoms with Gasteiger partial charge in [-0.25, -0.2) is 4.98 Å². The minimum Gasteiger partial charge on any atom is -0.396 e. The van der Waals surface area contributed by atoms with Gasteiger partial charge in [0, 0.05) is 30.4 Å². The van der Waals surface area contributed by atoms with Crippen molar-refractivity contribution >= 4 is 11.8 Å². The lowest BCUT2D eigenvalue weighted by atomic mass is 10.2. The van der Waals surface area contributed by atoms with Gasteiger partial charge in [-0.3, -0.25) is 4.57 Å². The second kappa shape index (κ2) is 5.89. The molecule has 0 unspecified atom stereocenters. The first-order valence-corrected chi connectivity index (χ1v) is 6.64. The lowest BCUT2D eigenvalue weighted by Crippen LogP contribution is -1.96. The molecule has 0 aliphatic rings. The summed E-state index contributed by atoms with van der Waals surface area (Å²) in [6.45, 7) is 2.32. The summed E-state index contributed by atoms with van der Waals surface area (Å²) in [7, 11) is 0. The van der Waals surface area contributed by atoms with Crippen LogP contribution in [0.3, 0.4) is 0 Å². The highest BCUT2D eigenvalue weighted by Crippen LogP contribution is 2.21. The molecule has 17 heavy (non-hydrogen) atoms. The number of aryl methyl sites for hydroxylation is 1. The Labute approximate surface area is 106 Å². The zero-order valence-corrected chi connectivity index (χ0v) is 10.7. The van der Waals surface area contributed by atoms with Crippen molar-refractivity contribution in [2.75, 3.05) is 12.4 Å². The molecule has 1 aromatic heterocycles. The highest BCUT2D eigenvalue weighted by atomic mass is 32.2. The summed E-state index contributed by atoms with van der Waals surface area (Å²) in [5, 5.41) is 9.75. The second-order valence-corrected chi connectivity index (χ2v) is 4.91. The normalized spacial score (nSPS) is 10.7. The summed E-state index contributed by atoms with van der Waals surface area (Å²) in [6.07, 6.45) is 4.57. The van der Waals surface area contributed by atoms with Crippen molar-refractivity contribution in [2.24, 2.45) is 0 Å². The van der Waals surface area contributed by atoms with Gasteiger partial charge in [0.25, 0.3) is 0 Å². The zero-order valence-electron chi connectivity index (χ0n) is 9.84. The predicted molar refractivity (Wildman–Crippen MR) is 70.7 cm³/mol. The lowest BCUT2D eigenvalue weighted by molar-refractivity contribution is 0.296. The lowest BCUT2D eigenvalue weighted by Gasteiger charge is -2.07. The first kappa shape index (κ1) is 12.2. The highest BCUT2D eigenvalue weighted by molar-refractivity contribution is 7.99. The molecule has 1 heterocycles. The molecule has 0 radical (unpaired) electrons. The average molecular weight is 248 g/mol. The molecule has 4 heteroatoms. The zero-order chi connectivity index (χ0) is 12.1. The van der Waals surface area contributed by atoms with Crippen molar-refractivity contribution in [1.29, 1.82) is 0 Å². The van der Waals surface area contributed by atoms with E-state index in [1.165, 1.54) is 5.56 Å². The third kappa shape index (κ3) is 3.11. The molecule has 0 aliphatic carbocycles. The Morgan fingerprint density at radius 1 is 1.41 bits per heavy atom. The molecular weight excluding hydrogens is 232 g/mol. The van der Waals surface area contributed by atoms with E-state index in [-0.39, 0.29) is 6.61 Å². The van der Waals surface area contributed by atoms with Crippen molar-refractivity contribution in [3.63, 3.8) is 0 Å². The Balaban J connectivity index is 2.18. The number of imidazole rings is 1. The van der Waals surface area contributed by atoms with Crippen LogP contribution < -0.4 is 0 Å². The van der Waals surface area contributed by atoms with Crippen LogP contribution in [0.1, 0.15) is 12.0 Å². The summed E-state index contributed by atoms with van der Waals surface area (Å²) in [4.78, 5) is 4.34. The van der Waals surface area contributed by atoms with Crippen LogP contribution in [-0.2, 0) is 0 Å².